The molecule has 0 saturated heterocycles. The molecule has 6 aromatic carbocycles. The highest BCUT2D eigenvalue weighted by Gasteiger charge is 2.14. The molecule has 7 rings (SSSR count). The van der Waals surface area contributed by atoms with E-state index in [0.29, 0.717) is 17.5 Å². The molecule has 0 N–H and O–H groups in total. The number of fused-ring (bicyclic) bond motifs is 2. The average Bonchev–Trinajstić information content (AvgIpc) is 3.01. The van der Waals surface area contributed by atoms with Crippen LogP contribution < -0.4 is 0 Å². The van der Waals surface area contributed by atoms with Gasteiger partial charge < -0.3 is 0 Å². The van der Waals surface area contributed by atoms with Crippen molar-refractivity contribution in [3.8, 4) is 45.3 Å². The van der Waals surface area contributed by atoms with Gasteiger partial charge in [-0.05, 0) is 44.8 Å². The summed E-state index contributed by atoms with van der Waals surface area (Å²) in [5.41, 5.74) is 5.31. The summed E-state index contributed by atoms with van der Waals surface area (Å²) in [4.78, 5) is 14.7. The lowest BCUT2D eigenvalue weighted by molar-refractivity contribution is 1.08. The molecule has 0 aliphatic rings. The number of aromatic nitrogens is 3. The van der Waals surface area contributed by atoms with Crippen molar-refractivity contribution in [2.45, 2.75) is 0 Å². The van der Waals surface area contributed by atoms with Crippen LogP contribution in [-0.2, 0) is 0 Å². The summed E-state index contributed by atoms with van der Waals surface area (Å²) in [7, 11) is 0. The maximum atomic E-state index is 4.94. The molecule has 0 radical (unpaired) electrons. The van der Waals surface area contributed by atoms with E-state index in [1.165, 1.54) is 21.9 Å². The third-order valence-electron chi connectivity index (χ3n) is 6.90. The van der Waals surface area contributed by atoms with Crippen LogP contribution in [0.25, 0.3) is 66.8 Å². The Bertz CT molecular complexity index is 1850. The molecular formula is C35H23N3. The minimum atomic E-state index is 0.666. The van der Waals surface area contributed by atoms with E-state index in [1.807, 2.05) is 60.7 Å². The monoisotopic (exact) mass is 485 g/mol. The van der Waals surface area contributed by atoms with Gasteiger partial charge in [0.2, 0.25) is 0 Å². The molecule has 0 saturated carbocycles. The Hall–Kier alpha value is -5.15. The second-order valence-corrected chi connectivity index (χ2v) is 9.34. The molecule has 3 nitrogen and oxygen atoms in total. The molecule has 0 aliphatic heterocycles. The molecule has 0 atom stereocenters. The molecule has 7 aromatic rings. The minimum Gasteiger partial charge on any atom is -0.208 e. The first-order valence-electron chi connectivity index (χ1n) is 12.7. The largest absolute Gasteiger partial charge is 0.208 e. The second-order valence-electron chi connectivity index (χ2n) is 9.34. The molecule has 0 spiro atoms. The predicted molar refractivity (Wildman–Crippen MR) is 157 cm³/mol. The molecule has 0 bridgehead atoms. The van der Waals surface area contributed by atoms with Gasteiger partial charge >= 0.3 is 0 Å². The first-order valence-corrected chi connectivity index (χ1v) is 12.7. The Morgan fingerprint density at radius 3 is 1.53 bits per heavy atom. The first kappa shape index (κ1) is 22.1. The number of benzene rings is 6. The topological polar surface area (TPSA) is 38.7 Å². The van der Waals surface area contributed by atoms with E-state index in [-0.39, 0.29) is 0 Å². The summed E-state index contributed by atoms with van der Waals surface area (Å²) in [5, 5.41) is 4.75. The summed E-state index contributed by atoms with van der Waals surface area (Å²) in [6.07, 6.45) is 0. The standard InChI is InChI=1S/C35H23N3/c1-3-11-25(12-4-1)33-36-34(26-13-5-2-6-14-26)38-35(37-33)32-17-9-16-30-23-29(20-21-31(30)32)28-19-18-24-10-7-8-15-27(24)22-28/h1-23H. The lowest BCUT2D eigenvalue weighted by Crippen LogP contribution is -2.00. The van der Waals surface area contributed by atoms with E-state index < -0.39 is 0 Å². The van der Waals surface area contributed by atoms with Crippen molar-refractivity contribution < 1.29 is 0 Å². The van der Waals surface area contributed by atoms with Crippen LogP contribution in [-0.4, -0.2) is 15.0 Å². The van der Waals surface area contributed by atoms with E-state index in [2.05, 4.69) is 78.9 Å². The van der Waals surface area contributed by atoms with Gasteiger partial charge in [0.05, 0.1) is 0 Å². The molecule has 1 aromatic heterocycles. The third kappa shape index (κ3) is 4.10. The van der Waals surface area contributed by atoms with Gasteiger partial charge in [-0.1, -0.05) is 127 Å². The fourth-order valence-electron chi connectivity index (χ4n) is 4.96. The van der Waals surface area contributed by atoms with E-state index >= 15 is 0 Å². The number of rotatable bonds is 4. The Labute approximate surface area is 221 Å². The SMILES string of the molecule is c1ccc(-c2nc(-c3ccccc3)nc(-c3cccc4cc(-c5ccc6ccccc6c5)ccc34)n2)cc1. The minimum absolute atomic E-state index is 0.666. The normalized spacial score (nSPS) is 11.2. The molecule has 0 fully saturated rings. The number of nitrogens with zero attached hydrogens (tertiary/aromatic N) is 3. The molecule has 38 heavy (non-hydrogen) atoms. The van der Waals surface area contributed by atoms with Crippen molar-refractivity contribution in [3.05, 3.63) is 140 Å². The van der Waals surface area contributed by atoms with E-state index in [4.69, 9.17) is 15.0 Å². The van der Waals surface area contributed by atoms with Gasteiger partial charge in [-0.3, -0.25) is 0 Å². The van der Waals surface area contributed by atoms with Crippen molar-refractivity contribution in [2.75, 3.05) is 0 Å². The van der Waals surface area contributed by atoms with Crippen molar-refractivity contribution in [3.63, 3.8) is 0 Å². The van der Waals surface area contributed by atoms with Gasteiger partial charge in [0.25, 0.3) is 0 Å². The van der Waals surface area contributed by atoms with E-state index in [9.17, 15) is 0 Å². The van der Waals surface area contributed by atoms with Crippen LogP contribution in [0.1, 0.15) is 0 Å². The maximum absolute atomic E-state index is 4.94. The van der Waals surface area contributed by atoms with Gasteiger partial charge in [0, 0.05) is 16.7 Å². The van der Waals surface area contributed by atoms with Crippen LogP contribution >= 0.6 is 0 Å². The van der Waals surface area contributed by atoms with Crippen molar-refractivity contribution in [2.24, 2.45) is 0 Å². The van der Waals surface area contributed by atoms with Gasteiger partial charge in [-0.2, -0.15) is 0 Å². The Morgan fingerprint density at radius 1 is 0.316 bits per heavy atom. The molecule has 0 aliphatic carbocycles. The van der Waals surface area contributed by atoms with Crippen molar-refractivity contribution >= 4 is 21.5 Å². The average molecular weight is 486 g/mol. The molecule has 1 heterocycles. The predicted octanol–water partition coefficient (Wildman–Crippen LogP) is 8.85. The quantitative estimate of drug-likeness (QED) is 0.250. The summed E-state index contributed by atoms with van der Waals surface area (Å²) in [6.45, 7) is 0. The van der Waals surface area contributed by atoms with Crippen molar-refractivity contribution in [1.29, 1.82) is 0 Å². The van der Waals surface area contributed by atoms with Gasteiger partial charge in [-0.25, -0.2) is 15.0 Å². The Kier molecular flexibility index (Phi) is 5.45. The lowest BCUT2D eigenvalue weighted by atomic mass is 9.96. The fraction of sp³-hybridized carbons (Fsp3) is 0. The Morgan fingerprint density at radius 2 is 0.842 bits per heavy atom. The molecule has 0 unspecified atom stereocenters. The zero-order valence-electron chi connectivity index (χ0n) is 20.6. The number of hydrogen-bond acceptors (Lipinski definition) is 3. The first-order chi connectivity index (χ1) is 18.8. The fourth-order valence-corrected chi connectivity index (χ4v) is 4.96. The van der Waals surface area contributed by atoms with Gasteiger partial charge in [0.15, 0.2) is 17.5 Å². The summed E-state index contributed by atoms with van der Waals surface area (Å²) in [5.74, 6) is 2.00. The summed E-state index contributed by atoms with van der Waals surface area (Å²) >= 11 is 0. The zero-order chi connectivity index (χ0) is 25.3. The molecule has 0 amide bonds. The highest BCUT2D eigenvalue weighted by molar-refractivity contribution is 5.98. The smallest absolute Gasteiger partial charge is 0.164 e. The maximum Gasteiger partial charge on any atom is 0.164 e. The highest BCUT2D eigenvalue weighted by Crippen LogP contribution is 2.33. The number of hydrogen-bond donors (Lipinski definition) is 0. The Balaban J connectivity index is 1.38. The zero-order valence-corrected chi connectivity index (χ0v) is 20.6. The third-order valence-corrected chi connectivity index (χ3v) is 6.90. The summed E-state index contributed by atoms with van der Waals surface area (Å²) < 4.78 is 0. The van der Waals surface area contributed by atoms with Crippen LogP contribution in [0.2, 0.25) is 0 Å². The van der Waals surface area contributed by atoms with Crippen LogP contribution in [0, 0.1) is 0 Å². The molecule has 178 valence electrons. The van der Waals surface area contributed by atoms with Crippen LogP contribution in [0.5, 0.6) is 0 Å². The van der Waals surface area contributed by atoms with E-state index in [0.717, 1.165) is 27.5 Å². The van der Waals surface area contributed by atoms with Gasteiger partial charge in [0.1, 0.15) is 0 Å². The molecule has 3 heteroatoms. The van der Waals surface area contributed by atoms with Crippen molar-refractivity contribution in [1.82, 2.24) is 15.0 Å². The van der Waals surface area contributed by atoms with Crippen LogP contribution in [0.4, 0.5) is 0 Å². The van der Waals surface area contributed by atoms with E-state index in [1.54, 1.807) is 0 Å². The summed E-state index contributed by atoms with van der Waals surface area (Å²) in [6, 6.07) is 48.2. The van der Waals surface area contributed by atoms with Crippen LogP contribution in [0.3, 0.4) is 0 Å². The molecular weight excluding hydrogens is 462 g/mol. The van der Waals surface area contributed by atoms with Crippen LogP contribution in [0.15, 0.2) is 140 Å². The lowest BCUT2D eigenvalue weighted by Gasteiger charge is -2.11. The highest BCUT2D eigenvalue weighted by atomic mass is 15.0. The van der Waals surface area contributed by atoms with Gasteiger partial charge in [-0.15, -0.1) is 0 Å². The second kappa shape index (κ2) is 9.38.